The summed E-state index contributed by atoms with van der Waals surface area (Å²) in [5.74, 6) is 2.17. The number of hydrogen-bond acceptors (Lipinski definition) is 5. The predicted molar refractivity (Wildman–Crippen MR) is 62.9 cm³/mol. The van der Waals surface area contributed by atoms with E-state index in [0.29, 0.717) is 17.9 Å². The van der Waals surface area contributed by atoms with E-state index in [0.717, 1.165) is 24.5 Å². The van der Waals surface area contributed by atoms with Crippen molar-refractivity contribution in [3.8, 4) is 0 Å². The Balaban J connectivity index is 1.73. The average molecular weight is 234 g/mol. The monoisotopic (exact) mass is 234 g/mol. The Bertz CT molecular complexity index is 467. The van der Waals surface area contributed by atoms with Gasteiger partial charge in [0.15, 0.2) is 0 Å². The Hall–Kier alpha value is -1.69. The molecule has 1 saturated carbocycles. The molecule has 1 aliphatic heterocycles. The van der Waals surface area contributed by atoms with Crippen LogP contribution in [0, 0.1) is 28.9 Å². The third kappa shape index (κ3) is 1.74. The van der Waals surface area contributed by atoms with Crippen molar-refractivity contribution in [2.45, 2.75) is 13.0 Å². The van der Waals surface area contributed by atoms with Gasteiger partial charge in [-0.1, -0.05) is 0 Å². The highest BCUT2D eigenvalue weighted by atomic mass is 16.6. The quantitative estimate of drug-likeness (QED) is 0.600. The van der Waals surface area contributed by atoms with Crippen LogP contribution >= 0.6 is 0 Å². The molecule has 2 N–H and O–H groups in total. The van der Waals surface area contributed by atoms with Gasteiger partial charge >= 0.3 is 0 Å². The molecule has 1 aromatic rings. The van der Waals surface area contributed by atoms with E-state index in [4.69, 9.17) is 0 Å². The molecule has 0 amide bonds. The summed E-state index contributed by atoms with van der Waals surface area (Å²) in [5.41, 5.74) is 0.878. The first kappa shape index (κ1) is 10.5. The molecule has 2 aliphatic rings. The Kier molecular flexibility index (Phi) is 2.25. The molecule has 90 valence electrons. The lowest BCUT2D eigenvalue weighted by Gasteiger charge is -2.10. The molecular weight excluding hydrogens is 220 g/mol. The summed E-state index contributed by atoms with van der Waals surface area (Å²) in [6.45, 7) is 3.97. The number of nitro groups is 1. The van der Waals surface area contributed by atoms with Crippen molar-refractivity contribution in [2.75, 3.05) is 18.4 Å². The zero-order valence-electron chi connectivity index (χ0n) is 9.51. The maximum Gasteiger partial charge on any atom is 0.287 e. The van der Waals surface area contributed by atoms with Crippen LogP contribution in [0.15, 0.2) is 12.3 Å². The van der Waals surface area contributed by atoms with Gasteiger partial charge in [-0.2, -0.15) is 0 Å². The lowest BCUT2D eigenvalue weighted by molar-refractivity contribution is -0.385. The highest BCUT2D eigenvalue weighted by Gasteiger charge is 2.53. The number of piperidine rings is 1. The second-order valence-corrected chi connectivity index (χ2v) is 4.77. The van der Waals surface area contributed by atoms with Crippen molar-refractivity contribution in [2.24, 2.45) is 11.8 Å². The fourth-order valence-corrected chi connectivity index (χ4v) is 2.60. The molecule has 0 spiro atoms. The molecule has 1 aliphatic carbocycles. The van der Waals surface area contributed by atoms with Crippen LogP contribution < -0.4 is 10.6 Å². The van der Waals surface area contributed by atoms with Crippen LogP contribution in [0.1, 0.15) is 5.56 Å². The Morgan fingerprint density at radius 3 is 2.82 bits per heavy atom. The Labute approximate surface area is 98.6 Å². The number of anilines is 1. The lowest BCUT2D eigenvalue weighted by Crippen LogP contribution is -2.22. The molecule has 0 radical (unpaired) electrons. The van der Waals surface area contributed by atoms with Gasteiger partial charge < -0.3 is 10.6 Å². The number of hydrogen-bond donors (Lipinski definition) is 2. The summed E-state index contributed by atoms with van der Waals surface area (Å²) < 4.78 is 0. The number of nitrogens with zero attached hydrogens (tertiary/aromatic N) is 2. The standard InChI is InChI=1S/C11H14N4O2/c1-6-2-7(15(16)17)3-13-11(6)14-10-8-4-12-5-9(8)10/h2-3,8-10,12H,4-5H2,1H3,(H,13,14). The second-order valence-electron chi connectivity index (χ2n) is 4.77. The molecule has 2 fully saturated rings. The van der Waals surface area contributed by atoms with Crippen LogP contribution in [0.4, 0.5) is 11.5 Å². The van der Waals surface area contributed by atoms with Crippen molar-refractivity contribution >= 4 is 11.5 Å². The van der Waals surface area contributed by atoms with Crippen LogP contribution in [0.5, 0.6) is 0 Å². The minimum atomic E-state index is -0.417. The molecule has 1 saturated heterocycles. The normalized spacial score (nSPS) is 29.8. The summed E-state index contributed by atoms with van der Waals surface area (Å²) in [5, 5.41) is 17.3. The summed E-state index contributed by atoms with van der Waals surface area (Å²) in [6, 6.07) is 2.05. The van der Waals surface area contributed by atoms with Crippen molar-refractivity contribution in [3.63, 3.8) is 0 Å². The third-order valence-corrected chi connectivity index (χ3v) is 3.67. The summed E-state index contributed by atoms with van der Waals surface area (Å²) >= 11 is 0. The fraction of sp³-hybridized carbons (Fsp3) is 0.545. The fourth-order valence-electron chi connectivity index (χ4n) is 2.60. The van der Waals surface area contributed by atoms with E-state index in [1.807, 2.05) is 6.92 Å². The first-order valence-corrected chi connectivity index (χ1v) is 5.75. The molecule has 0 bridgehead atoms. The highest BCUT2D eigenvalue weighted by molar-refractivity contribution is 5.50. The zero-order valence-corrected chi connectivity index (χ0v) is 9.51. The Morgan fingerprint density at radius 1 is 1.53 bits per heavy atom. The molecular formula is C11H14N4O2. The molecule has 2 heterocycles. The van der Waals surface area contributed by atoms with Crippen LogP contribution in [-0.2, 0) is 0 Å². The number of nitrogens with one attached hydrogen (secondary N) is 2. The molecule has 0 aromatic carbocycles. The van der Waals surface area contributed by atoms with Gasteiger partial charge in [-0.25, -0.2) is 4.98 Å². The summed E-state index contributed by atoms with van der Waals surface area (Å²) in [7, 11) is 0. The first-order chi connectivity index (χ1) is 8.16. The molecule has 2 unspecified atom stereocenters. The largest absolute Gasteiger partial charge is 0.366 e. The van der Waals surface area contributed by atoms with E-state index in [2.05, 4.69) is 15.6 Å². The average Bonchev–Trinajstić information content (AvgIpc) is 2.74. The topological polar surface area (TPSA) is 80.1 Å². The minimum absolute atomic E-state index is 0.0470. The van der Waals surface area contributed by atoms with Crippen molar-refractivity contribution in [1.29, 1.82) is 0 Å². The van der Waals surface area contributed by atoms with Gasteiger partial charge in [0.2, 0.25) is 0 Å². The number of aryl methyl sites for hydroxylation is 1. The van der Waals surface area contributed by atoms with Crippen LogP contribution in [-0.4, -0.2) is 29.0 Å². The molecule has 1 aromatic heterocycles. The van der Waals surface area contributed by atoms with E-state index in [-0.39, 0.29) is 5.69 Å². The van der Waals surface area contributed by atoms with Gasteiger partial charge in [-0.3, -0.25) is 10.1 Å². The number of aromatic nitrogens is 1. The zero-order chi connectivity index (χ0) is 12.0. The maximum atomic E-state index is 10.6. The maximum absolute atomic E-state index is 10.6. The van der Waals surface area contributed by atoms with E-state index in [1.165, 1.54) is 6.20 Å². The van der Waals surface area contributed by atoms with Gasteiger partial charge in [-0.15, -0.1) is 0 Å². The predicted octanol–water partition coefficient (Wildman–Crippen LogP) is 0.928. The Morgan fingerprint density at radius 2 is 2.24 bits per heavy atom. The van der Waals surface area contributed by atoms with Gasteiger partial charge in [-0.05, 0) is 24.3 Å². The number of fused-ring (bicyclic) bond motifs is 1. The van der Waals surface area contributed by atoms with Crippen molar-refractivity contribution < 1.29 is 4.92 Å². The van der Waals surface area contributed by atoms with Gasteiger partial charge in [0.25, 0.3) is 5.69 Å². The SMILES string of the molecule is Cc1cc([N+](=O)[O-])cnc1NC1C2CNCC21. The molecule has 2 atom stereocenters. The van der Waals surface area contributed by atoms with Crippen molar-refractivity contribution in [1.82, 2.24) is 10.3 Å². The van der Waals surface area contributed by atoms with Crippen molar-refractivity contribution in [3.05, 3.63) is 27.9 Å². The van der Waals surface area contributed by atoms with E-state index < -0.39 is 4.92 Å². The molecule has 6 nitrogen and oxygen atoms in total. The van der Waals surface area contributed by atoms with E-state index in [1.54, 1.807) is 6.07 Å². The number of rotatable bonds is 3. The summed E-state index contributed by atoms with van der Waals surface area (Å²) in [4.78, 5) is 14.3. The second kappa shape index (κ2) is 3.66. The minimum Gasteiger partial charge on any atom is -0.366 e. The van der Waals surface area contributed by atoms with Gasteiger partial charge in [0.1, 0.15) is 12.0 Å². The van der Waals surface area contributed by atoms with E-state index in [9.17, 15) is 10.1 Å². The molecule has 3 rings (SSSR count). The van der Waals surface area contributed by atoms with Gasteiger partial charge in [0, 0.05) is 25.2 Å². The molecule has 17 heavy (non-hydrogen) atoms. The lowest BCUT2D eigenvalue weighted by atomic mass is 10.2. The highest BCUT2D eigenvalue weighted by Crippen LogP contribution is 2.43. The van der Waals surface area contributed by atoms with E-state index >= 15 is 0 Å². The van der Waals surface area contributed by atoms with Gasteiger partial charge in [0.05, 0.1) is 4.92 Å². The van der Waals surface area contributed by atoms with Crippen LogP contribution in [0.3, 0.4) is 0 Å². The smallest absolute Gasteiger partial charge is 0.287 e. The first-order valence-electron chi connectivity index (χ1n) is 5.75. The van der Waals surface area contributed by atoms with Crippen LogP contribution in [0.25, 0.3) is 0 Å². The molecule has 6 heteroatoms. The third-order valence-electron chi connectivity index (χ3n) is 3.67. The van der Waals surface area contributed by atoms with Crippen LogP contribution in [0.2, 0.25) is 0 Å². The summed E-state index contributed by atoms with van der Waals surface area (Å²) in [6.07, 6.45) is 1.31. The number of pyridine rings is 1.